The molecule has 2 atom stereocenters. The molecule has 0 aliphatic carbocycles. The Bertz CT molecular complexity index is 819. The first-order valence-electron chi connectivity index (χ1n) is 8.75. The average molecular weight is 413 g/mol. The first kappa shape index (κ1) is 22.1. The second-order valence-corrected chi connectivity index (χ2v) is 6.50. The van der Waals surface area contributed by atoms with Gasteiger partial charge in [-0.3, -0.25) is 19.3 Å². The molecular weight excluding hydrogens is 392 g/mol. The number of carbonyl (C=O) groups is 4. The smallest absolute Gasteiger partial charge is 0.387 e. The Balaban J connectivity index is 1.96. The van der Waals surface area contributed by atoms with Gasteiger partial charge < -0.3 is 20.1 Å². The Kier molecular flexibility index (Phi) is 6.72. The molecule has 1 aromatic rings. The Morgan fingerprint density at radius 1 is 1.28 bits per heavy atom. The minimum Gasteiger partial charge on any atom is -0.451 e. The van der Waals surface area contributed by atoms with Gasteiger partial charge in [-0.2, -0.15) is 8.78 Å². The summed E-state index contributed by atoms with van der Waals surface area (Å²) in [5.41, 5.74) is -1.14. The highest BCUT2D eigenvalue weighted by Gasteiger charge is 2.47. The van der Waals surface area contributed by atoms with Crippen molar-refractivity contribution in [1.29, 1.82) is 0 Å². The predicted molar refractivity (Wildman–Crippen MR) is 96.2 cm³/mol. The number of hydrogen-bond donors (Lipinski definition) is 2. The number of esters is 1. The van der Waals surface area contributed by atoms with Crippen LogP contribution in [0.5, 0.6) is 5.75 Å². The number of imide groups is 1. The van der Waals surface area contributed by atoms with Crippen LogP contribution in [0.4, 0.5) is 19.3 Å². The zero-order valence-electron chi connectivity index (χ0n) is 16.0. The molecule has 1 aromatic carbocycles. The van der Waals surface area contributed by atoms with Crippen molar-refractivity contribution in [2.24, 2.45) is 0 Å². The van der Waals surface area contributed by atoms with Crippen molar-refractivity contribution in [1.82, 2.24) is 10.2 Å². The van der Waals surface area contributed by atoms with E-state index < -0.39 is 48.6 Å². The van der Waals surface area contributed by atoms with Crippen LogP contribution in [0.1, 0.15) is 27.2 Å². The molecule has 29 heavy (non-hydrogen) atoms. The summed E-state index contributed by atoms with van der Waals surface area (Å²) in [5.74, 6) is -2.61. The standard InChI is InChI=1S/C18H21F2N3O6/c1-4-18(3)15(26)23(17(27)22-18)9-13(24)28-10(2)14(25)21-11-7-5-6-8-12(11)29-16(19)20/h5-8,10,16H,4,9H2,1-3H3,(H,21,25)(H,22,27)/t10-,18-/m0/s1. The van der Waals surface area contributed by atoms with Gasteiger partial charge in [-0.25, -0.2) is 4.79 Å². The summed E-state index contributed by atoms with van der Waals surface area (Å²) in [6.45, 7) is 0.755. The summed E-state index contributed by atoms with van der Waals surface area (Å²) >= 11 is 0. The van der Waals surface area contributed by atoms with Crippen molar-refractivity contribution >= 4 is 29.5 Å². The molecule has 2 N–H and O–H groups in total. The van der Waals surface area contributed by atoms with E-state index in [0.717, 1.165) is 0 Å². The van der Waals surface area contributed by atoms with Crippen LogP contribution in [0.25, 0.3) is 0 Å². The van der Waals surface area contributed by atoms with E-state index in [-0.39, 0.29) is 11.4 Å². The van der Waals surface area contributed by atoms with Crippen molar-refractivity contribution in [3.63, 3.8) is 0 Å². The number of benzene rings is 1. The van der Waals surface area contributed by atoms with Gasteiger partial charge in [0, 0.05) is 0 Å². The fourth-order valence-corrected chi connectivity index (χ4v) is 2.55. The molecule has 1 aliphatic rings. The Hall–Kier alpha value is -3.24. The first-order valence-corrected chi connectivity index (χ1v) is 8.75. The third-order valence-corrected chi connectivity index (χ3v) is 4.38. The van der Waals surface area contributed by atoms with Crippen LogP contribution < -0.4 is 15.4 Å². The number of rotatable bonds is 8. The van der Waals surface area contributed by atoms with Gasteiger partial charge in [-0.05, 0) is 32.4 Å². The lowest BCUT2D eigenvalue weighted by Gasteiger charge is -2.19. The van der Waals surface area contributed by atoms with Crippen molar-refractivity contribution in [2.45, 2.75) is 45.4 Å². The third kappa shape index (κ3) is 5.18. The molecule has 11 heteroatoms. The lowest BCUT2D eigenvalue weighted by molar-refractivity contribution is -0.155. The molecule has 0 saturated carbocycles. The predicted octanol–water partition coefficient (Wildman–Crippen LogP) is 1.88. The molecule has 9 nitrogen and oxygen atoms in total. The van der Waals surface area contributed by atoms with Gasteiger partial charge in [0.15, 0.2) is 6.10 Å². The number of hydrogen-bond acceptors (Lipinski definition) is 6. The van der Waals surface area contributed by atoms with Crippen LogP contribution in [-0.2, 0) is 19.1 Å². The lowest BCUT2D eigenvalue weighted by atomic mass is 9.99. The molecule has 1 aliphatic heterocycles. The molecule has 0 bridgehead atoms. The van der Waals surface area contributed by atoms with Crippen molar-refractivity contribution in [3.8, 4) is 5.75 Å². The van der Waals surface area contributed by atoms with Crippen LogP contribution >= 0.6 is 0 Å². The van der Waals surface area contributed by atoms with Crippen LogP contribution in [0, 0.1) is 0 Å². The van der Waals surface area contributed by atoms with E-state index in [4.69, 9.17) is 4.74 Å². The number of anilines is 1. The highest BCUT2D eigenvalue weighted by atomic mass is 19.3. The fourth-order valence-electron chi connectivity index (χ4n) is 2.55. The van der Waals surface area contributed by atoms with E-state index in [1.54, 1.807) is 6.92 Å². The summed E-state index contributed by atoms with van der Waals surface area (Å²) in [6, 6.07) is 4.78. The molecule has 0 aromatic heterocycles. The van der Waals surface area contributed by atoms with Crippen LogP contribution in [0.2, 0.25) is 0 Å². The van der Waals surface area contributed by atoms with Crippen LogP contribution in [-0.4, -0.2) is 53.5 Å². The molecule has 158 valence electrons. The second-order valence-electron chi connectivity index (χ2n) is 6.50. The van der Waals surface area contributed by atoms with E-state index in [1.807, 2.05) is 0 Å². The summed E-state index contributed by atoms with van der Waals surface area (Å²) in [6.07, 6.45) is -0.984. The van der Waals surface area contributed by atoms with Gasteiger partial charge in [0.05, 0.1) is 5.69 Å². The van der Waals surface area contributed by atoms with Gasteiger partial charge in [-0.15, -0.1) is 0 Å². The van der Waals surface area contributed by atoms with Gasteiger partial charge in [-0.1, -0.05) is 19.1 Å². The molecule has 2 rings (SSSR count). The molecule has 1 saturated heterocycles. The Labute approximate surface area is 165 Å². The number of amides is 4. The molecular formula is C18H21F2N3O6. The first-order chi connectivity index (χ1) is 13.6. The quantitative estimate of drug-likeness (QED) is 0.497. The second kappa shape index (κ2) is 8.84. The topological polar surface area (TPSA) is 114 Å². The molecule has 0 radical (unpaired) electrons. The summed E-state index contributed by atoms with van der Waals surface area (Å²) in [4.78, 5) is 49.2. The monoisotopic (exact) mass is 413 g/mol. The Morgan fingerprint density at radius 2 is 1.93 bits per heavy atom. The largest absolute Gasteiger partial charge is 0.451 e. The van der Waals surface area contributed by atoms with E-state index in [0.29, 0.717) is 11.3 Å². The van der Waals surface area contributed by atoms with Crippen molar-refractivity contribution < 1.29 is 37.4 Å². The molecule has 0 unspecified atom stereocenters. The zero-order chi connectivity index (χ0) is 21.8. The highest BCUT2D eigenvalue weighted by molar-refractivity contribution is 6.08. The average Bonchev–Trinajstić information content (AvgIpc) is 2.86. The van der Waals surface area contributed by atoms with E-state index in [9.17, 15) is 28.0 Å². The van der Waals surface area contributed by atoms with E-state index >= 15 is 0 Å². The Morgan fingerprint density at radius 3 is 2.52 bits per heavy atom. The van der Waals surface area contributed by atoms with Gasteiger partial charge in [0.1, 0.15) is 17.8 Å². The number of ether oxygens (including phenoxy) is 2. The minimum absolute atomic E-state index is 0.0338. The number of halogens is 2. The van der Waals surface area contributed by atoms with E-state index in [1.165, 1.54) is 38.1 Å². The van der Waals surface area contributed by atoms with Crippen molar-refractivity contribution in [2.75, 3.05) is 11.9 Å². The van der Waals surface area contributed by atoms with Crippen LogP contribution in [0.3, 0.4) is 0 Å². The van der Waals surface area contributed by atoms with Gasteiger partial charge in [0.25, 0.3) is 11.8 Å². The van der Waals surface area contributed by atoms with Crippen molar-refractivity contribution in [3.05, 3.63) is 24.3 Å². The lowest BCUT2D eigenvalue weighted by Crippen LogP contribution is -2.44. The summed E-state index contributed by atoms with van der Waals surface area (Å²) < 4.78 is 34.1. The maximum atomic E-state index is 12.4. The molecule has 1 heterocycles. The number of nitrogens with one attached hydrogen (secondary N) is 2. The van der Waals surface area contributed by atoms with Gasteiger partial charge >= 0.3 is 18.6 Å². The fraction of sp³-hybridized carbons (Fsp3) is 0.444. The molecule has 4 amide bonds. The van der Waals surface area contributed by atoms with Gasteiger partial charge in [0.2, 0.25) is 0 Å². The third-order valence-electron chi connectivity index (χ3n) is 4.38. The maximum Gasteiger partial charge on any atom is 0.387 e. The molecule has 1 fully saturated rings. The highest BCUT2D eigenvalue weighted by Crippen LogP contribution is 2.26. The maximum absolute atomic E-state index is 12.4. The van der Waals surface area contributed by atoms with E-state index in [2.05, 4.69) is 15.4 Å². The zero-order valence-corrected chi connectivity index (χ0v) is 16.0. The number of nitrogens with zero attached hydrogens (tertiary/aromatic N) is 1. The number of urea groups is 1. The normalized spacial score (nSPS) is 19.7. The van der Waals surface area contributed by atoms with Crippen LogP contribution in [0.15, 0.2) is 24.3 Å². The minimum atomic E-state index is -3.08. The summed E-state index contributed by atoms with van der Waals surface area (Å²) in [7, 11) is 0. The number of carbonyl (C=O) groups excluding carboxylic acids is 4. The number of alkyl halides is 2. The summed E-state index contributed by atoms with van der Waals surface area (Å²) in [5, 5.41) is 4.81. The molecule has 0 spiro atoms. The SMILES string of the molecule is CC[C@]1(C)NC(=O)N(CC(=O)O[C@@H](C)C(=O)Nc2ccccc2OC(F)F)C1=O. The number of para-hydroxylation sites is 2.